The Bertz CT molecular complexity index is 1680. The topological polar surface area (TPSA) is 136 Å². The fourth-order valence-electron chi connectivity index (χ4n) is 8.06. The fraction of sp³-hybridized carbons (Fsp3) is 0.444. The van der Waals surface area contributed by atoms with Crippen molar-refractivity contribution in [2.24, 2.45) is 11.8 Å². The molecule has 0 radical (unpaired) electrons. The second kappa shape index (κ2) is 11.6. The highest BCUT2D eigenvalue weighted by atomic mass is 16.7. The van der Waals surface area contributed by atoms with Gasteiger partial charge in [-0.15, -0.1) is 0 Å². The number of hydrogen-bond acceptors (Lipinski definition) is 9. The van der Waals surface area contributed by atoms with Gasteiger partial charge in [0.1, 0.15) is 29.4 Å². The quantitative estimate of drug-likeness (QED) is 0.335. The molecule has 2 bridgehead atoms. The van der Waals surface area contributed by atoms with Crippen LogP contribution in [-0.4, -0.2) is 66.8 Å². The molecule has 7 rings (SSSR count). The first kappa shape index (κ1) is 31.1. The summed E-state index contributed by atoms with van der Waals surface area (Å²) in [5.41, 5.74) is -2.61. The van der Waals surface area contributed by atoms with Crippen LogP contribution in [0.2, 0.25) is 0 Å². The number of carbonyl (C=O) groups excluding carboxylic acids is 2. The van der Waals surface area contributed by atoms with E-state index in [1.54, 1.807) is 42.3 Å². The number of benzene rings is 3. The number of nitrogens with zero attached hydrogens (tertiary/aromatic N) is 1. The molecular weight excluding hydrogens is 604 g/mol. The number of likely N-dealkylation sites (tertiary alicyclic amines) is 1. The average Bonchev–Trinajstić information content (AvgIpc) is 3.76. The number of aliphatic hydroxyl groups is 2. The average molecular weight is 645 g/mol. The Balaban J connectivity index is 1.46. The predicted molar refractivity (Wildman–Crippen MR) is 169 cm³/mol. The summed E-state index contributed by atoms with van der Waals surface area (Å²) in [5, 5.41) is 28.9. The van der Waals surface area contributed by atoms with E-state index in [0.717, 1.165) is 0 Å². The molecule has 2 fully saturated rings. The van der Waals surface area contributed by atoms with Gasteiger partial charge in [-0.25, -0.2) is 0 Å². The van der Waals surface area contributed by atoms with Crippen LogP contribution in [0.1, 0.15) is 55.7 Å². The van der Waals surface area contributed by atoms with Crippen LogP contribution in [0.4, 0.5) is 0 Å². The summed E-state index contributed by atoms with van der Waals surface area (Å²) in [5.74, 6) is -0.947. The van der Waals surface area contributed by atoms with Crippen molar-refractivity contribution in [1.82, 2.24) is 10.2 Å². The van der Waals surface area contributed by atoms with Crippen LogP contribution in [0.25, 0.3) is 0 Å². The van der Waals surface area contributed by atoms with E-state index in [-0.39, 0.29) is 47.3 Å². The van der Waals surface area contributed by atoms with Gasteiger partial charge in [0.05, 0.1) is 25.7 Å². The van der Waals surface area contributed by atoms with Gasteiger partial charge in [-0.3, -0.25) is 9.59 Å². The number of aliphatic hydroxyl groups excluding tert-OH is 1. The number of rotatable bonds is 8. The molecular formula is C36H40N2O9. The molecule has 1 saturated carbocycles. The van der Waals surface area contributed by atoms with E-state index in [1.807, 2.05) is 44.2 Å². The third kappa shape index (κ3) is 4.62. The Labute approximate surface area is 273 Å². The Morgan fingerprint density at radius 3 is 2.47 bits per heavy atom. The lowest BCUT2D eigenvalue weighted by Crippen LogP contribution is -2.58. The molecule has 248 valence electrons. The summed E-state index contributed by atoms with van der Waals surface area (Å²) in [6, 6.07) is 17.8. The van der Waals surface area contributed by atoms with E-state index in [9.17, 15) is 15.0 Å². The molecule has 0 spiro atoms. The molecule has 3 heterocycles. The van der Waals surface area contributed by atoms with Gasteiger partial charge in [0, 0.05) is 24.9 Å². The van der Waals surface area contributed by atoms with Gasteiger partial charge in [-0.1, -0.05) is 56.3 Å². The molecule has 3 aromatic carbocycles. The Morgan fingerprint density at radius 1 is 1.04 bits per heavy atom. The number of carbonyl (C=O) groups is 2. The van der Waals surface area contributed by atoms with Gasteiger partial charge in [0.15, 0.2) is 17.1 Å². The predicted octanol–water partition coefficient (Wildman–Crippen LogP) is 3.79. The van der Waals surface area contributed by atoms with Gasteiger partial charge < -0.3 is 44.1 Å². The van der Waals surface area contributed by atoms with E-state index in [0.29, 0.717) is 48.4 Å². The largest absolute Gasteiger partial charge is 0.497 e. The Morgan fingerprint density at radius 2 is 1.79 bits per heavy atom. The van der Waals surface area contributed by atoms with Crippen molar-refractivity contribution in [2.45, 2.75) is 62.5 Å². The molecule has 4 aliphatic rings. The summed E-state index contributed by atoms with van der Waals surface area (Å²) in [6.45, 7) is 4.27. The van der Waals surface area contributed by atoms with E-state index < -0.39 is 35.3 Å². The zero-order valence-electron chi connectivity index (χ0n) is 26.9. The minimum atomic E-state index is -2.10. The molecule has 11 heteroatoms. The van der Waals surface area contributed by atoms with Crippen molar-refractivity contribution in [3.8, 4) is 28.7 Å². The molecule has 0 aromatic heterocycles. The van der Waals surface area contributed by atoms with Crippen LogP contribution in [0, 0.1) is 11.8 Å². The van der Waals surface area contributed by atoms with Crippen LogP contribution >= 0.6 is 0 Å². The SMILES string of the molecule is COc1ccc([C@]23Oc4cc5c(c(OC)c4[C@](O)([C@H](c4ccccc4)[C@H]2C(=O)N2CCCC2NC(=O)CC(C)C)[C@@H]3O)OCO5)cc1. The number of methoxy groups -OCH3 is 2. The van der Waals surface area contributed by atoms with E-state index in [2.05, 4.69) is 5.32 Å². The van der Waals surface area contributed by atoms with Crippen LogP contribution in [0.15, 0.2) is 60.7 Å². The van der Waals surface area contributed by atoms with E-state index >= 15 is 4.79 Å². The highest BCUT2D eigenvalue weighted by molar-refractivity contribution is 5.86. The molecule has 47 heavy (non-hydrogen) atoms. The number of nitrogens with one attached hydrogen (secondary N) is 1. The Kier molecular flexibility index (Phi) is 7.71. The minimum absolute atomic E-state index is 0.0543. The highest BCUT2D eigenvalue weighted by Gasteiger charge is 2.77. The van der Waals surface area contributed by atoms with Crippen LogP contribution in [0.3, 0.4) is 0 Å². The maximum atomic E-state index is 15.3. The molecule has 3 aliphatic heterocycles. The number of fused-ring (bicyclic) bond motifs is 5. The lowest BCUT2D eigenvalue weighted by molar-refractivity contribution is -0.163. The van der Waals surface area contributed by atoms with Gasteiger partial charge in [-0.2, -0.15) is 0 Å². The molecule has 2 amide bonds. The van der Waals surface area contributed by atoms with Crippen LogP contribution in [-0.2, 0) is 20.8 Å². The maximum absolute atomic E-state index is 15.3. The van der Waals surface area contributed by atoms with Crippen LogP contribution in [0.5, 0.6) is 28.7 Å². The Hall–Kier alpha value is -4.48. The van der Waals surface area contributed by atoms with Crippen molar-refractivity contribution in [3.05, 3.63) is 77.4 Å². The summed E-state index contributed by atoms with van der Waals surface area (Å²) < 4.78 is 29.7. The standard InChI is InChI=1S/C36H40N2O9/c1-20(2)17-27(39)37-26-11-8-16-38(26)33(40)30-28(21-9-6-5-7-10-21)35(42)29-24(18-25-31(32(29)44-4)46-19-45-25)47-36(30,34(35)41)22-12-14-23(43-3)15-13-22/h5-7,9-10,12-15,18,20,26,28,30,34,41-42H,8,11,16-17,19H2,1-4H3,(H,37,39)/t26?,28-,30+,34+,35-,36+/m1/s1. The molecule has 1 saturated heterocycles. The fourth-order valence-corrected chi connectivity index (χ4v) is 8.06. The van der Waals surface area contributed by atoms with Gasteiger partial charge in [-0.05, 0) is 42.0 Å². The summed E-state index contributed by atoms with van der Waals surface area (Å²) >= 11 is 0. The molecule has 11 nitrogen and oxygen atoms in total. The lowest BCUT2D eigenvalue weighted by atomic mass is 9.74. The van der Waals surface area contributed by atoms with Crippen molar-refractivity contribution >= 4 is 11.8 Å². The highest BCUT2D eigenvalue weighted by Crippen LogP contribution is 2.70. The number of ether oxygens (including phenoxy) is 5. The maximum Gasteiger partial charge on any atom is 0.232 e. The lowest BCUT2D eigenvalue weighted by Gasteiger charge is -2.45. The molecule has 6 atom stereocenters. The third-order valence-electron chi connectivity index (χ3n) is 9.98. The number of hydrogen-bond donors (Lipinski definition) is 3. The first-order valence-electron chi connectivity index (χ1n) is 16.0. The zero-order chi connectivity index (χ0) is 33.1. The van der Waals surface area contributed by atoms with Crippen molar-refractivity contribution in [2.75, 3.05) is 27.6 Å². The summed E-state index contributed by atoms with van der Waals surface area (Å²) in [7, 11) is 3.00. The zero-order valence-corrected chi connectivity index (χ0v) is 26.9. The smallest absolute Gasteiger partial charge is 0.232 e. The summed E-state index contributed by atoms with van der Waals surface area (Å²) in [6.07, 6.45) is -0.610. The second-order valence-electron chi connectivity index (χ2n) is 13.1. The first-order valence-corrected chi connectivity index (χ1v) is 16.0. The van der Waals surface area contributed by atoms with E-state index in [1.165, 1.54) is 7.11 Å². The monoisotopic (exact) mass is 644 g/mol. The van der Waals surface area contributed by atoms with Crippen molar-refractivity contribution < 1.29 is 43.5 Å². The minimum Gasteiger partial charge on any atom is -0.497 e. The van der Waals surface area contributed by atoms with E-state index in [4.69, 9.17) is 23.7 Å². The van der Waals surface area contributed by atoms with Crippen LogP contribution < -0.4 is 29.0 Å². The number of amides is 2. The third-order valence-corrected chi connectivity index (χ3v) is 9.98. The second-order valence-corrected chi connectivity index (χ2v) is 13.1. The molecule has 1 unspecified atom stereocenters. The van der Waals surface area contributed by atoms with Crippen molar-refractivity contribution in [3.63, 3.8) is 0 Å². The van der Waals surface area contributed by atoms with Gasteiger partial charge >= 0.3 is 0 Å². The van der Waals surface area contributed by atoms with Crippen molar-refractivity contribution in [1.29, 1.82) is 0 Å². The first-order chi connectivity index (χ1) is 22.6. The molecule has 1 aliphatic carbocycles. The van der Waals surface area contributed by atoms with Gasteiger partial charge in [0.2, 0.25) is 24.4 Å². The molecule has 3 aromatic rings. The molecule has 3 N–H and O–H groups in total. The normalized spacial score (nSPS) is 28.5. The van der Waals surface area contributed by atoms with Gasteiger partial charge in [0.25, 0.3) is 0 Å². The summed E-state index contributed by atoms with van der Waals surface area (Å²) in [4.78, 5) is 29.8.